The first-order valence-corrected chi connectivity index (χ1v) is 5.46. The second kappa shape index (κ2) is 4.58. The normalized spacial score (nSPS) is 27.6. The van der Waals surface area contributed by atoms with E-state index < -0.39 is 11.3 Å². The van der Waals surface area contributed by atoms with Gasteiger partial charge in [0.15, 0.2) is 0 Å². The van der Waals surface area contributed by atoms with Crippen molar-refractivity contribution in [3.8, 4) is 0 Å². The van der Waals surface area contributed by atoms with Gasteiger partial charge in [0.1, 0.15) is 11.2 Å². The van der Waals surface area contributed by atoms with Crippen molar-refractivity contribution in [1.82, 2.24) is 0 Å². The minimum Gasteiger partial charge on any atom is -0.369 e. The second-order valence-electron chi connectivity index (χ2n) is 4.18. The molecule has 0 aromatic heterocycles. The fraction of sp³-hybridized carbons (Fsp3) is 0.818. The number of primary amides is 1. The summed E-state index contributed by atoms with van der Waals surface area (Å²) in [5.41, 5.74) is 4.56. The summed E-state index contributed by atoms with van der Waals surface area (Å²) in [6, 6.07) is 0. The molecule has 1 unspecified atom stereocenters. The Hall–Kier alpha value is -0.860. The second-order valence-corrected chi connectivity index (χ2v) is 4.18. The van der Waals surface area contributed by atoms with E-state index in [-0.39, 0.29) is 5.78 Å². The molecule has 0 radical (unpaired) electrons. The van der Waals surface area contributed by atoms with E-state index in [4.69, 9.17) is 5.73 Å². The molecule has 14 heavy (non-hydrogen) atoms. The largest absolute Gasteiger partial charge is 0.369 e. The van der Waals surface area contributed by atoms with Gasteiger partial charge in [-0.05, 0) is 19.3 Å². The lowest BCUT2D eigenvalue weighted by Crippen LogP contribution is -2.45. The number of amides is 1. The molecule has 3 heteroatoms. The van der Waals surface area contributed by atoms with Crippen molar-refractivity contribution < 1.29 is 9.59 Å². The SMILES string of the molecule is CCCCC1(C(N)=O)CCCCC1=O. The maximum Gasteiger partial charge on any atom is 0.231 e. The van der Waals surface area contributed by atoms with Gasteiger partial charge < -0.3 is 5.73 Å². The molecule has 0 heterocycles. The molecule has 1 aliphatic rings. The molecule has 1 rings (SSSR count). The van der Waals surface area contributed by atoms with Crippen LogP contribution in [0.1, 0.15) is 51.9 Å². The zero-order valence-electron chi connectivity index (χ0n) is 8.84. The molecule has 1 aliphatic carbocycles. The minimum absolute atomic E-state index is 0.0738. The van der Waals surface area contributed by atoms with Crippen LogP contribution >= 0.6 is 0 Å². The summed E-state index contributed by atoms with van der Waals surface area (Å²) in [6.07, 6.45) is 5.64. The monoisotopic (exact) mass is 197 g/mol. The number of hydrogen-bond donors (Lipinski definition) is 1. The lowest BCUT2D eigenvalue weighted by molar-refractivity contribution is -0.143. The molecule has 1 fully saturated rings. The maximum absolute atomic E-state index is 11.8. The quantitative estimate of drug-likeness (QED) is 0.698. The molecule has 0 aliphatic heterocycles. The fourth-order valence-electron chi connectivity index (χ4n) is 2.22. The molecule has 0 saturated heterocycles. The number of unbranched alkanes of at least 4 members (excludes halogenated alkanes) is 1. The van der Waals surface area contributed by atoms with Crippen molar-refractivity contribution in [2.24, 2.45) is 11.1 Å². The topological polar surface area (TPSA) is 60.2 Å². The number of nitrogens with two attached hydrogens (primary N) is 1. The molecule has 0 spiro atoms. The summed E-state index contributed by atoms with van der Waals surface area (Å²) in [5.74, 6) is -0.333. The van der Waals surface area contributed by atoms with Gasteiger partial charge >= 0.3 is 0 Å². The van der Waals surface area contributed by atoms with Crippen LogP contribution < -0.4 is 5.73 Å². The number of rotatable bonds is 4. The van der Waals surface area contributed by atoms with Crippen LogP contribution in [0, 0.1) is 5.41 Å². The van der Waals surface area contributed by atoms with Gasteiger partial charge in [-0.1, -0.05) is 26.2 Å². The van der Waals surface area contributed by atoms with Crippen molar-refractivity contribution >= 4 is 11.7 Å². The zero-order chi connectivity index (χ0) is 10.6. The van der Waals surface area contributed by atoms with Crippen LogP contribution in [0.25, 0.3) is 0 Å². The summed E-state index contributed by atoms with van der Waals surface area (Å²) in [5, 5.41) is 0. The molecule has 3 nitrogen and oxygen atoms in total. The Morgan fingerprint density at radius 3 is 2.71 bits per heavy atom. The molecule has 80 valence electrons. The number of hydrogen-bond acceptors (Lipinski definition) is 2. The highest BCUT2D eigenvalue weighted by molar-refractivity contribution is 6.05. The molecular formula is C11H19NO2. The summed E-state index contributed by atoms with van der Waals surface area (Å²) < 4.78 is 0. The number of ketones is 1. The summed E-state index contributed by atoms with van der Waals surface area (Å²) in [6.45, 7) is 2.06. The van der Waals surface area contributed by atoms with E-state index in [9.17, 15) is 9.59 Å². The summed E-state index contributed by atoms with van der Waals surface area (Å²) in [7, 11) is 0. The van der Waals surface area contributed by atoms with Gasteiger partial charge in [-0.3, -0.25) is 9.59 Å². The molecule has 1 saturated carbocycles. The van der Waals surface area contributed by atoms with Gasteiger partial charge in [0.2, 0.25) is 5.91 Å². The van der Waals surface area contributed by atoms with Crippen LogP contribution in [0.4, 0.5) is 0 Å². The average molecular weight is 197 g/mol. The summed E-state index contributed by atoms with van der Waals surface area (Å²) >= 11 is 0. The first-order chi connectivity index (χ1) is 6.63. The van der Waals surface area contributed by atoms with E-state index in [1.54, 1.807) is 0 Å². The van der Waals surface area contributed by atoms with Crippen LogP contribution in [0.5, 0.6) is 0 Å². The predicted molar refractivity (Wildman–Crippen MR) is 54.6 cm³/mol. The Morgan fingerprint density at radius 2 is 2.21 bits per heavy atom. The van der Waals surface area contributed by atoms with Crippen LogP contribution in [0.3, 0.4) is 0 Å². The first kappa shape index (κ1) is 11.2. The molecule has 0 bridgehead atoms. The number of Topliss-reactive ketones (excluding diaryl/α,β-unsaturated/α-hetero) is 1. The zero-order valence-corrected chi connectivity index (χ0v) is 8.84. The van der Waals surface area contributed by atoms with Crippen LogP contribution in [0.2, 0.25) is 0 Å². The highest BCUT2D eigenvalue weighted by atomic mass is 16.2. The van der Waals surface area contributed by atoms with Gasteiger partial charge in [-0.15, -0.1) is 0 Å². The average Bonchev–Trinajstić information content (AvgIpc) is 2.16. The highest BCUT2D eigenvalue weighted by Gasteiger charge is 2.44. The van der Waals surface area contributed by atoms with E-state index in [0.29, 0.717) is 19.3 Å². The lowest BCUT2D eigenvalue weighted by Gasteiger charge is -2.32. The van der Waals surface area contributed by atoms with E-state index in [1.165, 1.54) is 0 Å². The molecular weight excluding hydrogens is 178 g/mol. The Labute approximate surface area is 85.0 Å². The van der Waals surface area contributed by atoms with Crippen molar-refractivity contribution in [1.29, 1.82) is 0 Å². The third kappa shape index (κ3) is 1.97. The van der Waals surface area contributed by atoms with E-state index >= 15 is 0 Å². The Morgan fingerprint density at radius 1 is 1.50 bits per heavy atom. The summed E-state index contributed by atoms with van der Waals surface area (Å²) in [4.78, 5) is 23.2. The van der Waals surface area contributed by atoms with E-state index in [2.05, 4.69) is 6.92 Å². The van der Waals surface area contributed by atoms with E-state index in [0.717, 1.165) is 25.7 Å². The lowest BCUT2D eigenvalue weighted by atomic mass is 9.69. The molecule has 1 amide bonds. The van der Waals surface area contributed by atoms with Gasteiger partial charge in [0.25, 0.3) is 0 Å². The van der Waals surface area contributed by atoms with Gasteiger partial charge in [-0.25, -0.2) is 0 Å². The molecule has 0 aromatic rings. The number of carbonyl (C=O) groups is 2. The number of carbonyl (C=O) groups excluding carboxylic acids is 2. The Kier molecular flexibility index (Phi) is 3.67. The van der Waals surface area contributed by atoms with E-state index in [1.807, 2.05) is 0 Å². The van der Waals surface area contributed by atoms with Crippen molar-refractivity contribution in [2.45, 2.75) is 51.9 Å². The standard InChI is InChI=1S/C11H19NO2/c1-2-3-7-11(10(12)14)8-5-4-6-9(11)13/h2-8H2,1H3,(H2,12,14). The molecule has 0 aromatic carbocycles. The first-order valence-electron chi connectivity index (χ1n) is 5.46. The fourth-order valence-corrected chi connectivity index (χ4v) is 2.22. The minimum atomic E-state index is -0.811. The predicted octanol–water partition coefficient (Wildman–Crippen LogP) is 1.79. The van der Waals surface area contributed by atoms with Gasteiger partial charge in [-0.2, -0.15) is 0 Å². The van der Waals surface area contributed by atoms with Crippen molar-refractivity contribution in [3.05, 3.63) is 0 Å². The maximum atomic E-state index is 11.8. The molecule has 2 N–H and O–H groups in total. The third-order valence-electron chi connectivity index (χ3n) is 3.22. The Balaban J connectivity index is 2.78. The van der Waals surface area contributed by atoms with Gasteiger partial charge in [0, 0.05) is 6.42 Å². The van der Waals surface area contributed by atoms with Crippen molar-refractivity contribution in [3.63, 3.8) is 0 Å². The van der Waals surface area contributed by atoms with Crippen LogP contribution in [0.15, 0.2) is 0 Å². The van der Waals surface area contributed by atoms with Crippen LogP contribution in [-0.4, -0.2) is 11.7 Å². The smallest absolute Gasteiger partial charge is 0.231 e. The van der Waals surface area contributed by atoms with Gasteiger partial charge in [0.05, 0.1) is 0 Å². The third-order valence-corrected chi connectivity index (χ3v) is 3.22. The van der Waals surface area contributed by atoms with Crippen LogP contribution in [-0.2, 0) is 9.59 Å². The highest BCUT2D eigenvalue weighted by Crippen LogP contribution is 2.37. The Bertz CT molecular complexity index is 237. The van der Waals surface area contributed by atoms with Crippen molar-refractivity contribution in [2.75, 3.05) is 0 Å². The molecule has 1 atom stereocenters.